The monoisotopic (exact) mass is 331 g/mol. The number of aromatic hydroxyl groups is 1. The highest BCUT2D eigenvalue weighted by atomic mass is 16.5. The van der Waals surface area contributed by atoms with Gasteiger partial charge in [0.15, 0.2) is 0 Å². The minimum Gasteiger partial charge on any atom is -0.508 e. The van der Waals surface area contributed by atoms with E-state index in [-0.39, 0.29) is 11.7 Å². The summed E-state index contributed by atoms with van der Waals surface area (Å²) < 4.78 is 5.57. The van der Waals surface area contributed by atoms with Gasteiger partial charge in [-0.3, -0.25) is 4.79 Å². The minimum absolute atomic E-state index is 0.0643. The van der Waals surface area contributed by atoms with Crippen molar-refractivity contribution in [2.24, 2.45) is 0 Å². The molecule has 1 N–H and O–H groups in total. The van der Waals surface area contributed by atoms with Crippen LogP contribution in [-0.4, -0.2) is 18.1 Å². The maximum absolute atomic E-state index is 13.0. The minimum atomic E-state index is -0.508. The summed E-state index contributed by atoms with van der Waals surface area (Å²) in [6, 6.07) is 22.0. The van der Waals surface area contributed by atoms with Gasteiger partial charge in [0, 0.05) is 24.5 Å². The van der Waals surface area contributed by atoms with Gasteiger partial charge in [0.2, 0.25) is 0 Å². The smallest absolute Gasteiger partial charge is 0.323 e. The SMILES string of the molecule is CN1c2ccccc2C(C(=O)Oc2cccc(O)c2)c2ccccc21. The van der Waals surface area contributed by atoms with Crippen molar-refractivity contribution in [1.29, 1.82) is 0 Å². The Bertz CT molecular complexity index is 904. The Labute approximate surface area is 145 Å². The maximum atomic E-state index is 13.0. The average Bonchev–Trinajstić information content (AvgIpc) is 2.62. The van der Waals surface area contributed by atoms with Crippen LogP contribution in [0.4, 0.5) is 11.4 Å². The van der Waals surface area contributed by atoms with Crippen LogP contribution in [0, 0.1) is 0 Å². The number of phenolic OH excluding ortho intramolecular Hbond substituents is 1. The fourth-order valence-corrected chi connectivity index (χ4v) is 3.35. The van der Waals surface area contributed by atoms with E-state index in [0.29, 0.717) is 5.75 Å². The number of esters is 1. The molecule has 1 aliphatic rings. The molecule has 1 heterocycles. The second-order valence-electron chi connectivity index (χ2n) is 6.03. The van der Waals surface area contributed by atoms with Crippen LogP contribution in [0.25, 0.3) is 0 Å². The van der Waals surface area contributed by atoms with Crippen molar-refractivity contribution in [3.63, 3.8) is 0 Å². The summed E-state index contributed by atoms with van der Waals surface area (Å²) in [6.07, 6.45) is 0. The highest BCUT2D eigenvalue weighted by molar-refractivity contribution is 5.92. The Kier molecular flexibility index (Phi) is 3.65. The molecule has 3 aromatic carbocycles. The number of rotatable bonds is 2. The van der Waals surface area contributed by atoms with Crippen molar-refractivity contribution >= 4 is 17.3 Å². The summed E-state index contributed by atoms with van der Waals surface area (Å²) in [5.74, 6) is -0.474. The standard InChI is InChI=1S/C21H17NO3/c1-22-18-11-4-2-9-16(18)20(17-10-3-5-12-19(17)22)21(24)25-15-8-6-7-14(23)13-15/h2-13,20,23H,1H3. The molecule has 4 heteroatoms. The molecule has 0 saturated carbocycles. The van der Waals surface area contributed by atoms with Crippen LogP contribution in [0.5, 0.6) is 11.5 Å². The number of phenols is 1. The Morgan fingerprint density at radius 2 is 1.52 bits per heavy atom. The molecule has 0 atom stereocenters. The van der Waals surface area contributed by atoms with Gasteiger partial charge in [0.1, 0.15) is 17.4 Å². The predicted octanol–water partition coefficient (Wildman–Crippen LogP) is 4.21. The summed E-state index contributed by atoms with van der Waals surface area (Å²) in [6.45, 7) is 0. The molecule has 0 unspecified atom stereocenters. The molecule has 25 heavy (non-hydrogen) atoms. The summed E-state index contributed by atoms with van der Waals surface area (Å²) in [5.41, 5.74) is 3.79. The van der Waals surface area contributed by atoms with Gasteiger partial charge >= 0.3 is 5.97 Å². The predicted molar refractivity (Wildman–Crippen MR) is 96.5 cm³/mol. The molecular weight excluding hydrogens is 314 g/mol. The molecule has 0 amide bonds. The van der Waals surface area contributed by atoms with Crippen LogP contribution < -0.4 is 9.64 Å². The van der Waals surface area contributed by atoms with E-state index >= 15 is 0 Å². The van der Waals surface area contributed by atoms with Crippen molar-refractivity contribution in [1.82, 2.24) is 0 Å². The number of anilines is 2. The molecule has 0 spiro atoms. The van der Waals surface area contributed by atoms with E-state index in [1.807, 2.05) is 55.6 Å². The topological polar surface area (TPSA) is 49.8 Å². The van der Waals surface area contributed by atoms with E-state index in [1.165, 1.54) is 12.1 Å². The van der Waals surface area contributed by atoms with E-state index in [4.69, 9.17) is 4.74 Å². The third kappa shape index (κ3) is 2.62. The zero-order chi connectivity index (χ0) is 17.4. The average molecular weight is 331 g/mol. The van der Waals surface area contributed by atoms with Crippen LogP contribution in [0.1, 0.15) is 17.0 Å². The number of para-hydroxylation sites is 2. The van der Waals surface area contributed by atoms with E-state index in [0.717, 1.165) is 22.5 Å². The number of hydrogen-bond donors (Lipinski definition) is 1. The first-order valence-electron chi connectivity index (χ1n) is 8.07. The lowest BCUT2D eigenvalue weighted by atomic mass is 9.85. The second kappa shape index (κ2) is 5.98. The first-order valence-corrected chi connectivity index (χ1v) is 8.07. The number of nitrogens with zero attached hydrogens (tertiary/aromatic N) is 1. The van der Waals surface area contributed by atoms with Crippen LogP contribution >= 0.6 is 0 Å². The third-order valence-corrected chi connectivity index (χ3v) is 4.49. The van der Waals surface area contributed by atoms with Gasteiger partial charge in [-0.05, 0) is 35.4 Å². The fourth-order valence-electron chi connectivity index (χ4n) is 3.35. The Morgan fingerprint density at radius 1 is 0.920 bits per heavy atom. The van der Waals surface area contributed by atoms with Gasteiger partial charge in [0.25, 0.3) is 0 Å². The first-order chi connectivity index (χ1) is 12.1. The Balaban J connectivity index is 1.79. The van der Waals surface area contributed by atoms with E-state index in [9.17, 15) is 9.90 Å². The van der Waals surface area contributed by atoms with Crippen molar-refractivity contribution in [2.45, 2.75) is 5.92 Å². The molecule has 4 nitrogen and oxygen atoms in total. The molecule has 3 aromatic rings. The van der Waals surface area contributed by atoms with Crippen LogP contribution in [0.15, 0.2) is 72.8 Å². The zero-order valence-electron chi connectivity index (χ0n) is 13.7. The Hall–Kier alpha value is -3.27. The number of carbonyl (C=O) groups is 1. The molecule has 0 aromatic heterocycles. The summed E-state index contributed by atoms with van der Waals surface area (Å²) in [7, 11) is 1.99. The summed E-state index contributed by atoms with van der Waals surface area (Å²) >= 11 is 0. The van der Waals surface area contributed by atoms with E-state index < -0.39 is 5.92 Å². The summed E-state index contributed by atoms with van der Waals surface area (Å²) in [4.78, 5) is 15.1. The van der Waals surface area contributed by atoms with E-state index in [1.54, 1.807) is 12.1 Å². The number of hydrogen-bond acceptors (Lipinski definition) is 4. The normalized spacial score (nSPS) is 13.1. The van der Waals surface area contributed by atoms with Crippen LogP contribution in [-0.2, 0) is 4.79 Å². The van der Waals surface area contributed by atoms with Crippen LogP contribution in [0.3, 0.4) is 0 Å². The number of ether oxygens (including phenoxy) is 1. The van der Waals surface area contributed by atoms with Gasteiger partial charge < -0.3 is 14.7 Å². The van der Waals surface area contributed by atoms with Gasteiger partial charge in [0.05, 0.1) is 0 Å². The molecule has 1 aliphatic heterocycles. The highest BCUT2D eigenvalue weighted by Gasteiger charge is 2.34. The fraction of sp³-hybridized carbons (Fsp3) is 0.0952. The first kappa shape index (κ1) is 15.3. The van der Waals surface area contributed by atoms with Gasteiger partial charge in [-0.2, -0.15) is 0 Å². The lowest BCUT2D eigenvalue weighted by molar-refractivity contribution is -0.135. The number of benzene rings is 3. The molecule has 0 radical (unpaired) electrons. The lowest BCUT2D eigenvalue weighted by Crippen LogP contribution is -2.28. The molecule has 0 bridgehead atoms. The quantitative estimate of drug-likeness (QED) is 0.564. The van der Waals surface area contributed by atoms with Crippen LogP contribution in [0.2, 0.25) is 0 Å². The largest absolute Gasteiger partial charge is 0.508 e. The maximum Gasteiger partial charge on any atom is 0.323 e. The second-order valence-corrected chi connectivity index (χ2v) is 6.03. The van der Waals surface area contributed by atoms with Gasteiger partial charge in [-0.25, -0.2) is 0 Å². The van der Waals surface area contributed by atoms with Crippen molar-refractivity contribution in [3.8, 4) is 11.5 Å². The molecule has 0 saturated heterocycles. The molecule has 0 aliphatic carbocycles. The Morgan fingerprint density at radius 3 is 2.12 bits per heavy atom. The van der Waals surface area contributed by atoms with Crippen molar-refractivity contribution in [2.75, 3.05) is 11.9 Å². The molecule has 124 valence electrons. The zero-order valence-corrected chi connectivity index (χ0v) is 13.7. The van der Waals surface area contributed by atoms with Gasteiger partial charge in [-0.15, -0.1) is 0 Å². The summed E-state index contributed by atoms with van der Waals surface area (Å²) in [5, 5.41) is 9.59. The van der Waals surface area contributed by atoms with Gasteiger partial charge in [-0.1, -0.05) is 42.5 Å². The molecule has 0 fully saturated rings. The van der Waals surface area contributed by atoms with Crippen molar-refractivity contribution < 1.29 is 14.6 Å². The number of carbonyl (C=O) groups excluding carboxylic acids is 1. The molecular formula is C21H17NO3. The van der Waals surface area contributed by atoms with Crippen molar-refractivity contribution in [3.05, 3.63) is 83.9 Å². The number of fused-ring (bicyclic) bond motifs is 2. The third-order valence-electron chi connectivity index (χ3n) is 4.49. The van der Waals surface area contributed by atoms with E-state index in [2.05, 4.69) is 4.90 Å². The lowest BCUT2D eigenvalue weighted by Gasteiger charge is -2.34. The molecule has 4 rings (SSSR count). The highest BCUT2D eigenvalue weighted by Crippen LogP contribution is 2.45.